The molecule has 1 aromatic heterocycles. The number of pyridine rings is 1. The lowest BCUT2D eigenvalue weighted by atomic mass is 10.3. The van der Waals surface area contributed by atoms with Gasteiger partial charge in [-0.1, -0.05) is 0 Å². The quantitative estimate of drug-likeness (QED) is 0.859. The maximum absolute atomic E-state index is 11.4. The summed E-state index contributed by atoms with van der Waals surface area (Å²) < 4.78 is 6.14. The van der Waals surface area contributed by atoms with Crippen LogP contribution in [0.5, 0.6) is 0 Å². The molecule has 1 aromatic rings. The summed E-state index contributed by atoms with van der Waals surface area (Å²) in [6.45, 7) is 0.416. The van der Waals surface area contributed by atoms with Gasteiger partial charge in [0.05, 0.1) is 13.0 Å². The highest BCUT2D eigenvalue weighted by atomic mass is 79.9. The number of amides is 1. The molecular formula is C9H10Br2N2O2. The van der Waals surface area contributed by atoms with Crippen LogP contribution in [0.2, 0.25) is 0 Å². The minimum absolute atomic E-state index is 0.0816. The number of nitrogens with zero attached hydrogens (tertiary/aromatic N) is 1. The number of carbonyl (C=O) groups excluding carboxylic acids is 1. The topological polar surface area (TPSA) is 51.2 Å². The van der Waals surface area contributed by atoms with Gasteiger partial charge in [0.1, 0.15) is 9.21 Å². The lowest BCUT2D eigenvalue weighted by Crippen LogP contribution is -2.13. The summed E-state index contributed by atoms with van der Waals surface area (Å²) in [5, 5.41) is 2.74. The molecule has 4 nitrogen and oxygen atoms in total. The molecule has 1 rings (SSSR count). The van der Waals surface area contributed by atoms with Crippen LogP contribution in [0.15, 0.2) is 21.3 Å². The standard InChI is InChI=1S/C9H10Br2N2O2/c1-15-3-2-9(14)12-6-4-7(10)13-8(11)5-6/h4-5H,2-3H2,1H3,(H,12,13,14). The predicted octanol–water partition coefficient (Wildman–Crippen LogP) is 2.58. The molecule has 0 aromatic carbocycles. The van der Waals surface area contributed by atoms with E-state index in [0.717, 1.165) is 0 Å². The van der Waals surface area contributed by atoms with Crippen LogP contribution >= 0.6 is 31.9 Å². The van der Waals surface area contributed by atoms with E-state index < -0.39 is 0 Å². The fourth-order valence-electron chi connectivity index (χ4n) is 0.955. The van der Waals surface area contributed by atoms with E-state index in [4.69, 9.17) is 4.74 Å². The van der Waals surface area contributed by atoms with Crippen LogP contribution in [0.25, 0.3) is 0 Å². The first kappa shape index (κ1) is 12.6. The lowest BCUT2D eigenvalue weighted by molar-refractivity contribution is -0.117. The summed E-state index contributed by atoms with van der Waals surface area (Å²) >= 11 is 6.48. The van der Waals surface area contributed by atoms with E-state index in [9.17, 15) is 4.79 Å². The van der Waals surface area contributed by atoms with Gasteiger partial charge in [0.15, 0.2) is 0 Å². The van der Waals surface area contributed by atoms with Gasteiger partial charge in [-0.15, -0.1) is 0 Å². The highest BCUT2D eigenvalue weighted by Gasteiger charge is 2.04. The van der Waals surface area contributed by atoms with Crippen LogP contribution in [-0.2, 0) is 9.53 Å². The molecule has 0 aliphatic rings. The molecule has 0 unspecified atom stereocenters. The zero-order chi connectivity index (χ0) is 11.3. The summed E-state index contributed by atoms with van der Waals surface area (Å²) in [7, 11) is 1.56. The number of nitrogens with one attached hydrogen (secondary N) is 1. The monoisotopic (exact) mass is 336 g/mol. The Kier molecular flexibility index (Phi) is 5.21. The van der Waals surface area contributed by atoms with E-state index in [1.54, 1.807) is 19.2 Å². The minimum atomic E-state index is -0.0816. The van der Waals surface area contributed by atoms with Crippen molar-refractivity contribution in [2.45, 2.75) is 6.42 Å². The number of hydrogen-bond donors (Lipinski definition) is 1. The average molecular weight is 338 g/mol. The number of carbonyl (C=O) groups is 1. The van der Waals surface area contributed by atoms with Crippen LogP contribution in [0.3, 0.4) is 0 Å². The maximum Gasteiger partial charge on any atom is 0.226 e. The molecule has 0 atom stereocenters. The van der Waals surface area contributed by atoms with E-state index in [0.29, 0.717) is 27.9 Å². The molecule has 1 N–H and O–H groups in total. The van der Waals surface area contributed by atoms with Crippen molar-refractivity contribution in [1.29, 1.82) is 0 Å². The van der Waals surface area contributed by atoms with Crippen LogP contribution < -0.4 is 5.32 Å². The summed E-state index contributed by atoms with van der Waals surface area (Å²) in [6, 6.07) is 3.46. The maximum atomic E-state index is 11.4. The number of halogens is 2. The molecule has 0 aliphatic heterocycles. The van der Waals surface area contributed by atoms with Gasteiger partial charge >= 0.3 is 0 Å². The van der Waals surface area contributed by atoms with Crippen molar-refractivity contribution in [2.24, 2.45) is 0 Å². The molecule has 0 saturated carbocycles. The van der Waals surface area contributed by atoms with E-state index in [1.807, 2.05) is 0 Å². The summed E-state index contributed by atoms with van der Waals surface area (Å²) in [5.41, 5.74) is 0.699. The second-order valence-corrected chi connectivity index (χ2v) is 4.42. The zero-order valence-electron chi connectivity index (χ0n) is 8.09. The molecule has 0 saturated heterocycles. The molecule has 6 heteroatoms. The Morgan fingerprint density at radius 1 is 1.47 bits per heavy atom. The fourth-order valence-corrected chi connectivity index (χ4v) is 2.07. The molecule has 0 spiro atoms. The van der Waals surface area contributed by atoms with Gasteiger partial charge < -0.3 is 10.1 Å². The number of rotatable bonds is 4. The van der Waals surface area contributed by atoms with Gasteiger partial charge in [0.25, 0.3) is 0 Å². The Labute approximate surface area is 105 Å². The second kappa shape index (κ2) is 6.19. The summed E-state index contributed by atoms with van der Waals surface area (Å²) in [5.74, 6) is -0.0816. The molecule has 0 fully saturated rings. The van der Waals surface area contributed by atoms with Crippen molar-refractivity contribution in [3.8, 4) is 0 Å². The molecule has 0 aliphatic carbocycles. The SMILES string of the molecule is COCCC(=O)Nc1cc(Br)nc(Br)c1. The van der Waals surface area contributed by atoms with Gasteiger partial charge in [-0.2, -0.15) is 0 Å². The molecule has 1 heterocycles. The van der Waals surface area contributed by atoms with E-state index >= 15 is 0 Å². The van der Waals surface area contributed by atoms with Crippen LogP contribution in [-0.4, -0.2) is 24.6 Å². The van der Waals surface area contributed by atoms with Crippen molar-refractivity contribution in [3.05, 3.63) is 21.3 Å². The van der Waals surface area contributed by atoms with Crippen LogP contribution in [0.1, 0.15) is 6.42 Å². The Hall–Kier alpha value is -0.460. The Balaban J connectivity index is 2.60. The average Bonchev–Trinajstić information content (AvgIpc) is 2.13. The third-order valence-corrected chi connectivity index (χ3v) is 2.39. The van der Waals surface area contributed by atoms with Crippen molar-refractivity contribution < 1.29 is 9.53 Å². The van der Waals surface area contributed by atoms with E-state index in [1.165, 1.54) is 0 Å². The van der Waals surface area contributed by atoms with Crippen LogP contribution in [0, 0.1) is 0 Å². The third-order valence-electron chi connectivity index (χ3n) is 1.58. The van der Waals surface area contributed by atoms with Crippen LogP contribution in [0.4, 0.5) is 5.69 Å². The largest absolute Gasteiger partial charge is 0.384 e. The van der Waals surface area contributed by atoms with Crippen molar-refractivity contribution >= 4 is 43.5 Å². The summed E-state index contributed by atoms with van der Waals surface area (Å²) in [6.07, 6.45) is 0.341. The number of aromatic nitrogens is 1. The fraction of sp³-hybridized carbons (Fsp3) is 0.333. The van der Waals surface area contributed by atoms with E-state index in [2.05, 4.69) is 42.2 Å². The van der Waals surface area contributed by atoms with Gasteiger partial charge in [-0.3, -0.25) is 4.79 Å². The first-order valence-corrected chi connectivity index (χ1v) is 5.82. The first-order chi connectivity index (χ1) is 7.11. The molecule has 0 bridgehead atoms. The highest BCUT2D eigenvalue weighted by molar-refractivity contribution is 9.11. The van der Waals surface area contributed by atoms with Gasteiger partial charge in [-0.25, -0.2) is 4.98 Å². The smallest absolute Gasteiger partial charge is 0.226 e. The molecule has 1 amide bonds. The zero-order valence-corrected chi connectivity index (χ0v) is 11.3. The molecular weight excluding hydrogens is 328 g/mol. The highest BCUT2D eigenvalue weighted by Crippen LogP contribution is 2.19. The molecule has 82 valence electrons. The minimum Gasteiger partial charge on any atom is -0.384 e. The normalized spacial score (nSPS) is 10.1. The Morgan fingerprint density at radius 2 is 2.07 bits per heavy atom. The Bertz CT molecular complexity index is 338. The van der Waals surface area contributed by atoms with Gasteiger partial charge in [0.2, 0.25) is 5.91 Å². The number of ether oxygens (including phenoxy) is 1. The lowest BCUT2D eigenvalue weighted by Gasteiger charge is -2.05. The predicted molar refractivity (Wildman–Crippen MR) is 64.8 cm³/mol. The molecule has 0 radical (unpaired) electrons. The van der Waals surface area contributed by atoms with Crippen molar-refractivity contribution in [1.82, 2.24) is 4.98 Å². The second-order valence-electron chi connectivity index (χ2n) is 2.79. The van der Waals surface area contributed by atoms with E-state index in [-0.39, 0.29) is 5.91 Å². The van der Waals surface area contributed by atoms with Crippen molar-refractivity contribution in [2.75, 3.05) is 19.0 Å². The third kappa shape index (κ3) is 4.72. The van der Waals surface area contributed by atoms with Gasteiger partial charge in [0, 0.05) is 12.8 Å². The van der Waals surface area contributed by atoms with Gasteiger partial charge in [-0.05, 0) is 44.0 Å². The molecule has 15 heavy (non-hydrogen) atoms. The summed E-state index contributed by atoms with van der Waals surface area (Å²) in [4.78, 5) is 15.4. The Morgan fingerprint density at radius 3 is 2.60 bits per heavy atom. The number of hydrogen-bond acceptors (Lipinski definition) is 3. The number of anilines is 1. The number of methoxy groups -OCH3 is 1. The van der Waals surface area contributed by atoms with Crippen molar-refractivity contribution in [3.63, 3.8) is 0 Å². The first-order valence-electron chi connectivity index (χ1n) is 4.23.